The summed E-state index contributed by atoms with van der Waals surface area (Å²) >= 11 is 1.82. The zero-order valence-corrected chi connectivity index (χ0v) is 12.0. The van der Waals surface area contributed by atoms with Crippen LogP contribution in [0.4, 0.5) is 4.39 Å². The van der Waals surface area contributed by atoms with Crippen molar-refractivity contribution in [3.8, 4) is 0 Å². The fourth-order valence-corrected chi connectivity index (χ4v) is 1.91. The maximum Gasteiger partial charge on any atom is 0.170 e. The first-order valence-electron chi connectivity index (χ1n) is 6.08. The molecule has 0 heterocycles. The second-order valence-electron chi connectivity index (χ2n) is 4.30. The molecule has 1 unspecified atom stereocenters. The summed E-state index contributed by atoms with van der Waals surface area (Å²) in [5, 5.41) is 15.2. The number of nitrogens with two attached hydrogens (primary N) is 1. The summed E-state index contributed by atoms with van der Waals surface area (Å²) in [6.45, 7) is 3.49. The van der Waals surface area contributed by atoms with Crippen LogP contribution in [0.2, 0.25) is 0 Å². The van der Waals surface area contributed by atoms with Crippen molar-refractivity contribution in [3.05, 3.63) is 35.1 Å². The molecule has 0 aliphatic heterocycles. The minimum absolute atomic E-state index is 0.0906. The van der Waals surface area contributed by atoms with Crippen LogP contribution in [0, 0.1) is 5.82 Å². The SMILES string of the molecule is CSC(C)CCNCc1ccc(/C(N)=N/O)cc1F. The van der Waals surface area contributed by atoms with Gasteiger partial charge in [0.25, 0.3) is 0 Å². The van der Waals surface area contributed by atoms with E-state index in [0.717, 1.165) is 13.0 Å². The molecule has 0 radical (unpaired) electrons. The minimum atomic E-state index is -0.352. The Morgan fingerprint density at radius 2 is 2.32 bits per heavy atom. The fourth-order valence-electron chi connectivity index (χ4n) is 1.55. The number of hydrogen-bond donors (Lipinski definition) is 3. The molecular formula is C13H20FN3OS. The molecule has 4 nitrogen and oxygen atoms in total. The monoisotopic (exact) mass is 285 g/mol. The Kier molecular flexibility index (Phi) is 6.66. The van der Waals surface area contributed by atoms with Crippen LogP contribution < -0.4 is 11.1 Å². The van der Waals surface area contributed by atoms with Gasteiger partial charge in [-0.3, -0.25) is 0 Å². The van der Waals surface area contributed by atoms with Crippen molar-refractivity contribution in [2.24, 2.45) is 10.9 Å². The highest BCUT2D eigenvalue weighted by Gasteiger charge is 2.06. The molecule has 1 aromatic rings. The van der Waals surface area contributed by atoms with Crippen LogP contribution >= 0.6 is 11.8 Å². The molecule has 0 amide bonds. The second-order valence-corrected chi connectivity index (χ2v) is 5.58. The van der Waals surface area contributed by atoms with E-state index in [1.54, 1.807) is 12.1 Å². The van der Waals surface area contributed by atoms with Crippen molar-refractivity contribution >= 4 is 17.6 Å². The molecule has 0 saturated heterocycles. The first kappa shape index (κ1) is 15.8. The van der Waals surface area contributed by atoms with Gasteiger partial charge < -0.3 is 16.3 Å². The van der Waals surface area contributed by atoms with Gasteiger partial charge in [0.15, 0.2) is 5.84 Å². The van der Waals surface area contributed by atoms with Crippen LogP contribution in [-0.4, -0.2) is 29.1 Å². The highest BCUT2D eigenvalue weighted by Crippen LogP contribution is 2.11. The van der Waals surface area contributed by atoms with Gasteiger partial charge in [0.1, 0.15) is 5.82 Å². The molecule has 6 heteroatoms. The lowest BCUT2D eigenvalue weighted by Crippen LogP contribution is -2.19. The summed E-state index contributed by atoms with van der Waals surface area (Å²) < 4.78 is 13.8. The third kappa shape index (κ3) is 5.08. The van der Waals surface area contributed by atoms with Crippen LogP contribution in [0.5, 0.6) is 0 Å². The second kappa shape index (κ2) is 8.01. The standard InChI is InChI=1S/C13H20FN3OS/c1-9(19-2)5-6-16-8-11-4-3-10(7-12(11)14)13(15)17-18/h3-4,7,9,16,18H,5-6,8H2,1-2H3,(H2,15,17). The fraction of sp³-hybridized carbons (Fsp3) is 0.462. The van der Waals surface area contributed by atoms with Gasteiger partial charge in [-0.05, 0) is 25.3 Å². The van der Waals surface area contributed by atoms with Gasteiger partial charge in [-0.15, -0.1) is 0 Å². The third-order valence-electron chi connectivity index (χ3n) is 2.90. The van der Waals surface area contributed by atoms with Crippen molar-refractivity contribution in [2.75, 3.05) is 12.8 Å². The maximum atomic E-state index is 13.8. The average molecular weight is 285 g/mol. The largest absolute Gasteiger partial charge is 0.409 e. The number of halogens is 1. The van der Waals surface area contributed by atoms with Crippen molar-refractivity contribution in [3.63, 3.8) is 0 Å². The van der Waals surface area contributed by atoms with Gasteiger partial charge in [-0.25, -0.2) is 4.39 Å². The summed E-state index contributed by atoms with van der Waals surface area (Å²) in [5.41, 5.74) is 6.35. The number of amidine groups is 1. The molecule has 19 heavy (non-hydrogen) atoms. The van der Waals surface area contributed by atoms with E-state index in [9.17, 15) is 4.39 Å². The van der Waals surface area contributed by atoms with Crippen molar-refractivity contribution in [1.29, 1.82) is 0 Å². The molecule has 4 N–H and O–H groups in total. The molecule has 1 rings (SSSR count). The number of benzene rings is 1. The lowest BCUT2D eigenvalue weighted by atomic mass is 10.1. The molecule has 0 saturated carbocycles. The molecule has 106 valence electrons. The number of thioether (sulfide) groups is 1. The first-order chi connectivity index (χ1) is 9.08. The quantitative estimate of drug-likeness (QED) is 0.236. The summed E-state index contributed by atoms with van der Waals surface area (Å²) in [7, 11) is 0. The molecule has 0 aromatic heterocycles. The first-order valence-corrected chi connectivity index (χ1v) is 7.37. The van der Waals surface area contributed by atoms with E-state index < -0.39 is 0 Å². The highest BCUT2D eigenvalue weighted by molar-refractivity contribution is 7.99. The Balaban J connectivity index is 2.51. The number of hydrogen-bond acceptors (Lipinski definition) is 4. The number of nitrogens with one attached hydrogen (secondary N) is 1. The van der Waals surface area contributed by atoms with E-state index in [0.29, 0.717) is 22.9 Å². The molecular weight excluding hydrogens is 265 g/mol. The molecule has 1 aromatic carbocycles. The highest BCUT2D eigenvalue weighted by atomic mass is 32.2. The molecule has 0 bridgehead atoms. The van der Waals surface area contributed by atoms with E-state index >= 15 is 0 Å². The number of rotatable bonds is 7. The Hall–Kier alpha value is -1.27. The lowest BCUT2D eigenvalue weighted by Gasteiger charge is -2.10. The van der Waals surface area contributed by atoms with Crippen molar-refractivity contribution in [2.45, 2.75) is 25.1 Å². The van der Waals surface area contributed by atoms with Crippen molar-refractivity contribution in [1.82, 2.24) is 5.32 Å². The summed E-state index contributed by atoms with van der Waals surface area (Å²) in [6, 6.07) is 4.56. The Morgan fingerprint density at radius 1 is 1.58 bits per heavy atom. The van der Waals surface area contributed by atoms with Crippen molar-refractivity contribution < 1.29 is 9.60 Å². The van der Waals surface area contributed by atoms with E-state index in [-0.39, 0.29) is 11.7 Å². The predicted octanol–water partition coefficient (Wildman–Crippen LogP) is 2.15. The number of nitrogens with zero attached hydrogens (tertiary/aromatic N) is 1. The summed E-state index contributed by atoms with van der Waals surface area (Å²) in [5.74, 6) is -0.443. The van der Waals surface area contributed by atoms with Gasteiger partial charge in [-0.1, -0.05) is 24.2 Å². The zero-order valence-electron chi connectivity index (χ0n) is 11.2. The van der Waals surface area contributed by atoms with Crippen LogP contribution in [0.15, 0.2) is 23.4 Å². The van der Waals surface area contributed by atoms with E-state index in [4.69, 9.17) is 10.9 Å². The molecule has 0 fully saturated rings. The predicted molar refractivity (Wildman–Crippen MR) is 78.2 cm³/mol. The number of oxime groups is 1. The normalized spacial score (nSPS) is 13.5. The van der Waals surface area contributed by atoms with Gasteiger partial charge in [0.2, 0.25) is 0 Å². The third-order valence-corrected chi connectivity index (χ3v) is 3.94. The Morgan fingerprint density at radius 3 is 2.89 bits per heavy atom. The topological polar surface area (TPSA) is 70.6 Å². The minimum Gasteiger partial charge on any atom is -0.409 e. The van der Waals surface area contributed by atoms with Gasteiger partial charge in [0.05, 0.1) is 0 Å². The molecule has 0 aliphatic rings. The van der Waals surface area contributed by atoms with Crippen LogP contribution in [0.3, 0.4) is 0 Å². The average Bonchev–Trinajstić information content (AvgIpc) is 2.43. The molecule has 0 spiro atoms. The van der Waals surface area contributed by atoms with Gasteiger partial charge in [-0.2, -0.15) is 11.8 Å². The van der Waals surface area contributed by atoms with Crippen LogP contribution in [-0.2, 0) is 6.54 Å². The lowest BCUT2D eigenvalue weighted by molar-refractivity contribution is 0.318. The van der Waals surface area contributed by atoms with E-state index in [2.05, 4.69) is 23.7 Å². The summed E-state index contributed by atoms with van der Waals surface area (Å²) in [4.78, 5) is 0. The van der Waals surface area contributed by atoms with Crippen LogP contribution in [0.25, 0.3) is 0 Å². The summed E-state index contributed by atoms with van der Waals surface area (Å²) in [6.07, 6.45) is 3.13. The van der Waals surface area contributed by atoms with E-state index in [1.165, 1.54) is 6.07 Å². The van der Waals surface area contributed by atoms with Gasteiger partial charge in [0, 0.05) is 22.9 Å². The molecule has 0 aliphatic carbocycles. The smallest absolute Gasteiger partial charge is 0.170 e. The Labute approximate surface area is 117 Å². The maximum absolute atomic E-state index is 13.8. The van der Waals surface area contributed by atoms with E-state index in [1.807, 2.05) is 11.8 Å². The Bertz CT molecular complexity index is 440. The van der Waals surface area contributed by atoms with Gasteiger partial charge >= 0.3 is 0 Å². The zero-order chi connectivity index (χ0) is 14.3. The van der Waals surface area contributed by atoms with Crippen LogP contribution in [0.1, 0.15) is 24.5 Å². The molecule has 1 atom stereocenters.